The van der Waals surface area contributed by atoms with E-state index >= 15 is 0 Å². The Labute approximate surface area is 509 Å². The van der Waals surface area contributed by atoms with Crippen molar-refractivity contribution in [3.05, 3.63) is 144 Å². The van der Waals surface area contributed by atoms with Gasteiger partial charge in [0.05, 0.1) is 45.7 Å². The number of carbonyl (C=O) groups excluding carboxylic acids is 4. The highest BCUT2D eigenvalue weighted by molar-refractivity contribution is 6.76. The van der Waals surface area contributed by atoms with E-state index in [2.05, 4.69) is 53.5 Å². The monoisotopic (exact) mass is 1230 g/mol. The molecule has 86 heavy (non-hydrogen) atoms. The number of hydrogen-bond donors (Lipinski definition) is 0. The molecule has 3 saturated heterocycles. The number of rotatable bonds is 29. The molecule has 4 aromatic carbocycles. The minimum absolute atomic E-state index is 0.0368. The Morgan fingerprint density at radius 1 is 0.453 bits per heavy atom. The molecule has 4 aromatic rings. The number of esters is 4. The van der Waals surface area contributed by atoms with Gasteiger partial charge in [-0.1, -0.05) is 162 Å². The van der Waals surface area contributed by atoms with Crippen LogP contribution < -0.4 is 0 Å². The van der Waals surface area contributed by atoms with Crippen molar-refractivity contribution in [1.82, 2.24) is 0 Å². The van der Waals surface area contributed by atoms with E-state index in [-0.39, 0.29) is 57.7 Å². The fourth-order valence-corrected chi connectivity index (χ4v) is 11.6. The van der Waals surface area contributed by atoms with Crippen LogP contribution in [0.4, 0.5) is 0 Å². The molecule has 3 aliphatic rings. The van der Waals surface area contributed by atoms with E-state index in [1.165, 1.54) is 27.7 Å². The molecule has 472 valence electrons. The van der Waals surface area contributed by atoms with Gasteiger partial charge in [0.25, 0.3) is 0 Å². The van der Waals surface area contributed by atoms with Crippen LogP contribution in [0.3, 0.4) is 0 Å². The summed E-state index contributed by atoms with van der Waals surface area (Å²) in [6, 6.07) is 39.9. The van der Waals surface area contributed by atoms with Crippen LogP contribution in [0, 0.1) is 0 Å². The van der Waals surface area contributed by atoms with Gasteiger partial charge in [-0.3, -0.25) is 19.2 Å². The number of benzene rings is 4. The highest BCUT2D eigenvalue weighted by atomic mass is 28.4. The van der Waals surface area contributed by atoms with Crippen LogP contribution in [0.2, 0.25) is 43.8 Å². The minimum Gasteiger partial charge on any atom is -0.463 e. The Morgan fingerprint density at radius 3 is 1.42 bits per heavy atom. The zero-order chi connectivity index (χ0) is 62.0. The Bertz CT molecular complexity index is 2690. The van der Waals surface area contributed by atoms with Crippen molar-refractivity contribution >= 4 is 40.3 Å². The fourth-order valence-electron chi connectivity index (χ4n) is 9.89. The zero-order valence-electron chi connectivity index (χ0n) is 52.0. The quantitative estimate of drug-likeness (QED) is 0.0281. The summed E-state index contributed by atoms with van der Waals surface area (Å²) in [6.45, 7) is 22.7. The molecule has 0 bridgehead atoms. The van der Waals surface area contributed by atoms with Gasteiger partial charge < -0.3 is 70.7 Å². The summed E-state index contributed by atoms with van der Waals surface area (Å²) < 4.78 is 99.3. The van der Waals surface area contributed by atoms with Gasteiger partial charge in [-0.2, -0.15) is 0 Å². The third kappa shape index (κ3) is 20.9. The molecule has 0 aliphatic carbocycles. The molecule has 0 amide bonds. The van der Waals surface area contributed by atoms with Crippen molar-refractivity contribution in [2.45, 2.75) is 211 Å². The summed E-state index contributed by atoms with van der Waals surface area (Å²) in [6.07, 6.45) is -16.1. The molecule has 7 rings (SSSR count). The van der Waals surface area contributed by atoms with E-state index in [0.29, 0.717) is 6.04 Å². The largest absolute Gasteiger partial charge is 0.463 e. The lowest BCUT2D eigenvalue weighted by atomic mass is 9.96. The summed E-state index contributed by atoms with van der Waals surface area (Å²) in [4.78, 5) is 52.0. The van der Waals surface area contributed by atoms with Crippen LogP contribution in [0.5, 0.6) is 0 Å². The standard InChI is InChI=1S/C65H90O19Si2/c1-43(66)72-41-55-57(59(78-45(3)68)61(79-46(4)69)63(82-55)71-33-34-85(8,9)10)84-62-52(77-44(2)67)35-51(53(81-62)42-76-86(11,12)65(5,6)7)80-64-60(75-39-50-31-23-16-24-32-50)58(74-38-49-29-21-15-22-30-49)56(73-37-48-27-19-14-20-28-48)54(83-64)40-70-36-47-25-17-13-18-26-47/h13-32,51-64H,33-42H2,1-12H3/t51-,52-,53-,54-,55-,56+,57-,58+,59+,60-,61-,62+,63-,64+/m1/s1. The fraction of sp³-hybridized carbons (Fsp3) is 0.569. The lowest BCUT2D eigenvalue weighted by Crippen LogP contribution is -2.65. The van der Waals surface area contributed by atoms with Crippen LogP contribution in [-0.4, -0.2) is 153 Å². The topological polar surface area (TPSA) is 207 Å². The van der Waals surface area contributed by atoms with E-state index in [1.54, 1.807) is 0 Å². The maximum Gasteiger partial charge on any atom is 0.303 e. The van der Waals surface area contributed by atoms with E-state index in [9.17, 15) is 19.2 Å². The molecule has 3 fully saturated rings. The second-order valence-electron chi connectivity index (χ2n) is 24.8. The highest BCUT2D eigenvalue weighted by Crippen LogP contribution is 2.40. The average molecular weight is 1230 g/mol. The summed E-state index contributed by atoms with van der Waals surface area (Å²) in [7, 11) is -4.24. The van der Waals surface area contributed by atoms with Gasteiger partial charge in [-0.05, 0) is 46.4 Å². The molecule has 0 saturated carbocycles. The summed E-state index contributed by atoms with van der Waals surface area (Å²) in [5.41, 5.74) is 3.68. The van der Waals surface area contributed by atoms with E-state index < -0.39 is 133 Å². The van der Waals surface area contributed by atoms with Gasteiger partial charge in [-0.15, -0.1) is 0 Å². The summed E-state index contributed by atoms with van der Waals surface area (Å²) in [5, 5.41) is -0.248. The van der Waals surface area contributed by atoms with Crippen molar-refractivity contribution in [3.63, 3.8) is 0 Å². The van der Waals surface area contributed by atoms with Crippen LogP contribution in [0.1, 0.15) is 77.1 Å². The second kappa shape index (κ2) is 32.3. The van der Waals surface area contributed by atoms with Crippen molar-refractivity contribution in [3.8, 4) is 0 Å². The van der Waals surface area contributed by atoms with Gasteiger partial charge >= 0.3 is 23.9 Å². The van der Waals surface area contributed by atoms with Gasteiger partial charge in [0, 0.05) is 48.8 Å². The molecule has 21 heteroatoms. The minimum atomic E-state index is -2.57. The van der Waals surface area contributed by atoms with Crippen LogP contribution in [-0.2, 0) is 116 Å². The molecule has 0 N–H and O–H groups in total. The molecule has 0 radical (unpaired) electrons. The molecule has 0 spiro atoms. The molecular weight excluding hydrogens is 1140 g/mol. The Morgan fingerprint density at radius 2 is 0.919 bits per heavy atom. The number of hydrogen-bond acceptors (Lipinski definition) is 19. The Balaban J connectivity index is 1.30. The lowest BCUT2D eigenvalue weighted by molar-refractivity contribution is -0.371. The smallest absolute Gasteiger partial charge is 0.303 e. The van der Waals surface area contributed by atoms with E-state index in [1.807, 2.05) is 121 Å². The predicted molar refractivity (Wildman–Crippen MR) is 322 cm³/mol. The molecule has 0 aromatic heterocycles. The third-order valence-corrected chi connectivity index (χ3v) is 21.6. The summed E-state index contributed by atoms with van der Waals surface area (Å²) >= 11 is 0. The van der Waals surface area contributed by atoms with Gasteiger partial charge in [0.15, 0.2) is 45.5 Å². The van der Waals surface area contributed by atoms with Crippen molar-refractivity contribution < 1.29 is 89.9 Å². The molecule has 14 atom stereocenters. The van der Waals surface area contributed by atoms with Crippen molar-refractivity contribution in [2.75, 3.05) is 26.4 Å². The lowest BCUT2D eigenvalue weighted by Gasteiger charge is -2.50. The van der Waals surface area contributed by atoms with Crippen LogP contribution >= 0.6 is 0 Å². The third-order valence-electron chi connectivity index (χ3n) is 15.4. The zero-order valence-corrected chi connectivity index (χ0v) is 54.0. The van der Waals surface area contributed by atoms with Crippen LogP contribution in [0.25, 0.3) is 0 Å². The van der Waals surface area contributed by atoms with Gasteiger partial charge in [0.1, 0.15) is 49.3 Å². The Hall–Kier alpha value is -5.25. The predicted octanol–water partition coefficient (Wildman–Crippen LogP) is 10.0. The maximum absolute atomic E-state index is 13.4. The first-order chi connectivity index (χ1) is 40.9. The molecule has 3 aliphatic heterocycles. The van der Waals surface area contributed by atoms with Gasteiger partial charge in [0.2, 0.25) is 0 Å². The average Bonchev–Trinajstić information content (AvgIpc) is 1.55. The molecule has 0 unspecified atom stereocenters. The molecule has 3 heterocycles. The SMILES string of the molecule is CC(=O)OC[C@H]1O[C@@H](OCC[Si](C)(C)C)[C@H](OC(C)=O)[C@@H](OC(C)=O)[C@@H]1O[C@@H]1O[C@H](CO[Si](C)(C)C(C)(C)C)[C@H](O[C@H]2O[C@H](COCc3ccccc3)[C@H](OCc3ccccc3)[C@H](OCc3ccccc3)[C@H]2OCc2ccccc2)C[C@H]1OC(C)=O. The first-order valence-corrected chi connectivity index (χ1v) is 36.3. The number of ether oxygens (including phenoxy) is 14. The second-order valence-corrected chi connectivity index (χ2v) is 35.2. The maximum atomic E-state index is 13.4. The normalized spacial score (nSPS) is 27.2. The van der Waals surface area contributed by atoms with Crippen molar-refractivity contribution in [1.29, 1.82) is 0 Å². The summed E-state index contributed by atoms with van der Waals surface area (Å²) in [5.74, 6) is -2.77. The van der Waals surface area contributed by atoms with Crippen molar-refractivity contribution in [2.24, 2.45) is 0 Å². The Kier molecular flexibility index (Phi) is 25.6. The van der Waals surface area contributed by atoms with E-state index in [4.69, 9.17) is 70.7 Å². The van der Waals surface area contributed by atoms with Gasteiger partial charge in [-0.25, -0.2) is 0 Å². The van der Waals surface area contributed by atoms with E-state index in [0.717, 1.165) is 22.3 Å². The first-order valence-electron chi connectivity index (χ1n) is 29.7. The number of carbonyl (C=O) groups is 4. The first kappa shape index (κ1) is 68.2. The molecular formula is C65H90O19Si2. The molecule has 19 nitrogen and oxygen atoms in total. The highest BCUT2D eigenvalue weighted by Gasteiger charge is 2.56. The van der Waals surface area contributed by atoms with Crippen LogP contribution in [0.15, 0.2) is 121 Å².